The molecule has 1 fully saturated rings. The third kappa shape index (κ3) is 2.21. The molecule has 1 saturated heterocycles. The number of hydrogen-bond acceptors (Lipinski definition) is 5. The molecular weight excluding hydrogens is 258 g/mol. The van der Waals surface area contributed by atoms with Crippen molar-refractivity contribution in [3.63, 3.8) is 0 Å². The van der Waals surface area contributed by atoms with Gasteiger partial charge in [0.05, 0.1) is 19.4 Å². The lowest BCUT2D eigenvalue weighted by Gasteiger charge is -2.38. The third-order valence-corrected chi connectivity index (χ3v) is 3.04. The molecular formula is C14H11N3O3. The average molecular weight is 269 g/mol. The molecule has 20 heavy (non-hydrogen) atoms. The molecule has 0 saturated carbocycles. The van der Waals surface area contributed by atoms with Crippen LogP contribution in [0.5, 0.6) is 5.88 Å². The number of nitrogens with zero attached hydrogens (tertiary/aromatic N) is 3. The van der Waals surface area contributed by atoms with Crippen LogP contribution in [0.4, 0.5) is 0 Å². The van der Waals surface area contributed by atoms with Crippen molar-refractivity contribution in [3.05, 3.63) is 48.0 Å². The Bertz CT molecular complexity index is 655. The highest BCUT2D eigenvalue weighted by atomic mass is 16.5. The first-order valence-electron chi connectivity index (χ1n) is 6.12. The minimum absolute atomic E-state index is 0.143. The van der Waals surface area contributed by atoms with E-state index in [1.165, 1.54) is 6.26 Å². The number of carbonyl (C=O) groups excluding carboxylic acids is 1. The van der Waals surface area contributed by atoms with Crippen LogP contribution in [0, 0.1) is 11.3 Å². The van der Waals surface area contributed by atoms with Gasteiger partial charge in [-0.25, -0.2) is 4.98 Å². The summed E-state index contributed by atoms with van der Waals surface area (Å²) in [5, 5.41) is 8.94. The molecule has 6 heteroatoms. The Labute approximate surface area is 115 Å². The predicted octanol–water partition coefficient (Wildman–Crippen LogP) is 1.45. The number of likely N-dealkylation sites (tertiary alicyclic amines) is 1. The zero-order valence-corrected chi connectivity index (χ0v) is 10.5. The standard InChI is InChI=1S/C14H11N3O3/c15-7-10-3-1-5-16-13(10)20-11-8-17(9-11)14(18)12-4-2-6-19-12/h1-6,11H,8-9H2. The summed E-state index contributed by atoms with van der Waals surface area (Å²) in [5.74, 6) is 0.473. The van der Waals surface area contributed by atoms with Crippen molar-refractivity contribution in [1.29, 1.82) is 5.26 Å². The lowest BCUT2D eigenvalue weighted by atomic mass is 10.1. The highest BCUT2D eigenvalue weighted by molar-refractivity contribution is 5.92. The molecule has 100 valence electrons. The zero-order valence-electron chi connectivity index (χ0n) is 10.5. The maximum absolute atomic E-state index is 11.9. The molecule has 0 aliphatic carbocycles. The second-order valence-electron chi connectivity index (χ2n) is 4.40. The second kappa shape index (κ2) is 5.05. The fourth-order valence-electron chi connectivity index (χ4n) is 1.96. The van der Waals surface area contributed by atoms with Crippen molar-refractivity contribution in [3.8, 4) is 11.9 Å². The highest BCUT2D eigenvalue weighted by Crippen LogP contribution is 2.20. The van der Waals surface area contributed by atoms with E-state index in [2.05, 4.69) is 4.98 Å². The van der Waals surface area contributed by atoms with Crippen molar-refractivity contribution in [2.45, 2.75) is 6.10 Å². The third-order valence-electron chi connectivity index (χ3n) is 3.04. The maximum Gasteiger partial charge on any atom is 0.289 e. The fraction of sp³-hybridized carbons (Fsp3) is 0.214. The molecule has 6 nitrogen and oxygen atoms in total. The van der Waals surface area contributed by atoms with Crippen molar-refractivity contribution in [2.24, 2.45) is 0 Å². The summed E-state index contributed by atoms with van der Waals surface area (Å²) < 4.78 is 10.7. The van der Waals surface area contributed by atoms with Gasteiger partial charge in [0.2, 0.25) is 5.88 Å². The maximum atomic E-state index is 11.9. The Balaban J connectivity index is 1.59. The van der Waals surface area contributed by atoms with Crippen molar-refractivity contribution in [1.82, 2.24) is 9.88 Å². The highest BCUT2D eigenvalue weighted by Gasteiger charge is 2.34. The van der Waals surface area contributed by atoms with Gasteiger partial charge in [0, 0.05) is 6.20 Å². The molecule has 3 rings (SSSR count). The molecule has 3 heterocycles. The topological polar surface area (TPSA) is 79.4 Å². The smallest absolute Gasteiger partial charge is 0.289 e. The number of carbonyl (C=O) groups is 1. The summed E-state index contributed by atoms with van der Waals surface area (Å²) in [4.78, 5) is 17.6. The van der Waals surface area contributed by atoms with Crippen molar-refractivity contribution < 1.29 is 13.9 Å². The lowest BCUT2D eigenvalue weighted by Crippen LogP contribution is -2.56. The molecule has 0 atom stereocenters. The van der Waals surface area contributed by atoms with Crippen LogP contribution in [0.1, 0.15) is 16.1 Å². The van der Waals surface area contributed by atoms with Gasteiger partial charge in [0.15, 0.2) is 5.76 Å². The number of furan rings is 1. The van der Waals surface area contributed by atoms with E-state index in [1.54, 1.807) is 35.4 Å². The van der Waals surface area contributed by atoms with Crippen LogP contribution in [-0.2, 0) is 0 Å². The van der Waals surface area contributed by atoms with E-state index in [0.717, 1.165) is 0 Å². The summed E-state index contributed by atoms with van der Waals surface area (Å²) in [6.45, 7) is 0.919. The van der Waals surface area contributed by atoms with Gasteiger partial charge in [0.25, 0.3) is 5.91 Å². The number of aromatic nitrogens is 1. The Morgan fingerprint density at radius 1 is 1.45 bits per heavy atom. The molecule has 1 aliphatic heterocycles. The fourth-order valence-corrected chi connectivity index (χ4v) is 1.96. The molecule has 0 N–H and O–H groups in total. The Morgan fingerprint density at radius 3 is 3.00 bits per heavy atom. The Kier molecular flexibility index (Phi) is 3.09. The summed E-state index contributed by atoms with van der Waals surface area (Å²) >= 11 is 0. The van der Waals surface area contributed by atoms with Crippen molar-refractivity contribution >= 4 is 5.91 Å². The van der Waals surface area contributed by atoms with Gasteiger partial charge < -0.3 is 14.1 Å². The number of pyridine rings is 1. The first-order valence-corrected chi connectivity index (χ1v) is 6.12. The molecule has 0 radical (unpaired) electrons. The Morgan fingerprint density at radius 2 is 2.30 bits per heavy atom. The molecule has 2 aromatic heterocycles. The van der Waals surface area contributed by atoms with E-state index in [4.69, 9.17) is 14.4 Å². The van der Waals surface area contributed by atoms with Crippen LogP contribution < -0.4 is 4.74 Å². The number of amides is 1. The lowest BCUT2D eigenvalue weighted by molar-refractivity contribution is 0.0137. The average Bonchev–Trinajstić information content (AvgIpc) is 2.96. The molecule has 2 aromatic rings. The van der Waals surface area contributed by atoms with Crippen LogP contribution in [-0.4, -0.2) is 35.0 Å². The minimum Gasteiger partial charge on any atom is -0.470 e. The van der Waals surface area contributed by atoms with E-state index in [-0.39, 0.29) is 12.0 Å². The molecule has 0 unspecified atom stereocenters. The Hall–Kier alpha value is -2.81. The number of nitriles is 1. The quantitative estimate of drug-likeness (QED) is 0.842. The van der Waals surface area contributed by atoms with Crippen LogP contribution in [0.25, 0.3) is 0 Å². The molecule has 0 bridgehead atoms. The summed E-state index contributed by atoms with van der Waals surface area (Å²) in [7, 11) is 0. The van der Waals surface area contributed by atoms with Crippen LogP contribution in [0.15, 0.2) is 41.1 Å². The van der Waals surface area contributed by atoms with Gasteiger partial charge >= 0.3 is 0 Å². The first kappa shape index (κ1) is 12.2. The van der Waals surface area contributed by atoms with Crippen LogP contribution in [0.3, 0.4) is 0 Å². The monoisotopic (exact) mass is 269 g/mol. The van der Waals surface area contributed by atoms with E-state index in [1.807, 2.05) is 6.07 Å². The second-order valence-corrected chi connectivity index (χ2v) is 4.40. The molecule has 1 amide bonds. The summed E-state index contributed by atoms with van der Waals surface area (Å²) in [6.07, 6.45) is 2.89. The van der Waals surface area contributed by atoms with Crippen LogP contribution in [0.2, 0.25) is 0 Å². The van der Waals surface area contributed by atoms with E-state index in [0.29, 0.717) is 30.3 Å². The van der Waals surface area contributed by atoms with Gasteiger partial charge in [-0.15, -0.1) is 0 Å². The zero-order chi connectivity index (χ0) is 13.9. The van der Waals surface area contributed by atoms with Crippen molar-refractivity contribution in [2.75, 3.05) is 13.1 Å². The largest absolute Gasteiger partial charge is 0.470 e. The van der Waals surface area contributed by atoms with Gasteiger partial charge in [-0.2, -0.15) is 5.26 Å². The van der Waals surface area contributed by atoms with Gasteiger partial charge in [0.1, 0.15) is 17.7 Å². The van der Waals surface area contributed by atoms with Gasteiger partial charge in [-0.05, 0) is 24.3 Å². The normalized spacial score (nSPS) is 14.4. The number of rotatable bonds is 3. The van der Waals surface area contributed by atoms with E-state index in [9.17, 15) is 4.79 Å². The van der Waals surface area contributed by atoms with E-state index >= 15 is 0 Å². The summed E-state index contributed by atoms with van der Waals surface area (Å²) in [5.41, 5.74) is 0.392. The molecule has 1 aliphatic rings. The molecule has 0 aromatic carbocycles. The van der Waals surface area contributed by atoms with Gasteiger partial charge in [-0.1, -0.05) is 0 Å². The predicted molar refractivity (Wildman–Crippen MR) is 68.0 cm³/mol. The number of ether oxygens (including phenoxy) is 1. The van der Waals surface area contributed by atoms with E-state index < -0.39 is 0 Å². The van der Waals surface area contributed by atoms with Gasteiger partial charge in [-0.3, -0.25) is 4.79 Å². The minimum atomic E-state index is -0.156. The summed E-state index contributed by atoms with van der Waals surface area (Å²) in [6, 6.07) is 8.65. The molecule has 0 spiro atoms. The van der Waals surface area contributed by atoms with Crippen LogP contribution >= 0.6 is 0 Å². The first-order chi connectivity index (χ1) is 9.78. The SMILES string of the molecule is N#Cc1cccnc1OC1CN(C(=O)c2ccco2)C1. The number of hydrogen-bond donors (Lipinski definition) is 0.